The maximum absolute atomic E-state index is 13.1. The highest BCUT2D eigenvalue weighted by atomic mass is 32.2. The van der Waals surface area contributed by atoms with Gasteiger partial charge in [-0.2, -0.15) is 5.26 Å². The molecule has 0 aliphatic carbocycles. The summed E-state index contributed by atoms with van der Waals surface area (Å²) in [5.74, 6) is 0.144. The third-order valence-electron chi connectivity index (χ3n) is 4.03. The van der Waals surface area contributed by atoms with Crippen molar-refractivity contribution in [1.82, 2.24) is 10.2 Å². The average Bonchev–Trinajstić information content (AvgIpc) is 3.43. The van der Waals surface area contributed by atoms with E-state index in [1.165, 1.54) is 46.6 Å². The van der Waals surface area contributed by atoms with Crippen molar-refractivity contribution in [2.45, 2.75) is 10.1 Å². The largest absolute Gasteiger partial charge is 0.296 e. The quantitative estimate of drug-likeness (QED) is 0.294. The third-order valence-corrected chi connectivity index (χ3v) is 7.21. The number of nitrogens with one attached hydrogen (secondary N) is 1. The number of halogens is 1. The number of benzene rings is 2. The SMILES string of the molecule is N#Cc1ccc(CSc2nnc(NC(=O)c3ccc(-c4ccc(F)cc4)s3)s2)cc1. The predicted octanol–water partition coefficient (Wildman–Crippen LogP) is 5.82. The Bertz CT molecular complexity index is 1210. The number of hydrogen-bond acceptors (Lipinski definition) is 7. The molecule has 2 aromatic heterocycles. The van der Waals surface area contributed by atoms with E-state index in [1.54, 1.807) is 30.3 Å². The molecule has 1 N–H and O–H groups in total. The van der Waals surface area contributed by atoms with E-state index in [9.17, 15) is 9.18 Å². The van der Waals surface area contributed by atoms with Crippen LogP contribution in [0.15, 0.2) is 65.0 Å². The fraction of sp³-hybridized carbons (Fsp3) is 0.0476. The van der Waals surface area contributed by atoms with Gasteiger partial charge in [0.25, 0.3) is 5.91 Å². The van der Waals surface area contributed by atoms with Crippen molar-refractivity contribution in [2.24, 2.45) is 0 Å². The summed E-state index contributed by atoms with van der Waals surface area (Å²) in [6, 6.07) is 19.2. The van der Waals surface area contributed by atoms with Crippen molar-refractivity contribution in [1.29, 1.82) is 5.26 Å². The van der Waals surface area contributed by atoms with Crippen molar-refractivity contribution in [3.8, 4) is 16.5 Å². The van der Waals surface area contributed by atoms with E-state index in [0.29, 0.717) is 21.3 Å². The van der Waals surface area contributed by atoms with Gasteiger partial charge in [-0.3, -0.25) is 10.1 Å². The summed E-state index contributed by atoms with van der Waals surface area (Å²) in [5.41, 5.74) is 2.56. The van der Waals surface area contributed by atoms with Gasteiger partial charge in [-0.05, 0) is 47.5 Å². The molecule has 1 amide bonds. The van der Waals surface area contributed by atoms with Gasteiger partial charge in [0.2, 0.25) is 5.13 Å². The van der Waals surface area contributed by atoms with E-state index in [1.807, 2.05) is 18.2 Å². The molecule has 2 aromatic carbocycles. The van der Waals surface area contributed by atoms with Crippen LogP contribution in [0.4, 0.5) is 9.52 Å². The zero-order valence-corrected chi connectivity index (χ0v) is 17.8. The van der Waals surface area contributed by atoms with Gasteiger partial charge in [-0.1, -0.05) is 47.4 Å². The summed E-state index contributed by atoms with van der Waals surface area (Å²) in [6.07, 6.45) is 0. The number of thioether (sulfide) groups is 1. The summed E-state index contributed by atoms with van der Waals surface area (Å²) in [7, 11) is 0. The number of nitriles is 1. The topological polar surface area (TPSA) is 78.7 Å². The highest BCUT2D eigenvalue weighted by Crippen LogP contribution is 2.31. The Balaban J connectivity index is 1.35. The fourth-order valence-corrected chi connectivity index (χ4v) is 5.14. The van der Waals surface area contributed by atoms with Crippen molar-refractivity contribution < 1.29 is 9.18 Å². The maximum atomic E-state index is 13.1. The molecule has 0 aliphatic rings. The number of anilines is 1. The number of aromatic nitrogens is 2. The first-order valence-electron chi connectivity index (χ1n) is 8.73. The van der Waals surface area contributed by atoms with Gasteiger partial charge in [-0.25, -0.2) is 4.39 Å². The van der Waals surface area contributed by atoms with Crippen LogP contribution in [0.1, 0.15) is 20.8 Å². The number of carbonyl (C=O) groups is 1. The second kappa shape index (κ2) is 9.17. The minimum Gasteiger partial charge on any atom is -0.296 e. The van der Waals surface area contributed by atoms with Crippen LogP contribution in [0, 0.1) is 17.1 Å². The zero-order chi connectivity index (χ0) is 20.9. The van der Waals surface area contributed by atoms with Gasteiger partial charge in [0, 0.05) is 10.6 Å². The predicted molar refractivity (Wildman–Crippen MR) is 118 cm³/mol. The first kappa shape index (κ1) is 20.2. The third kappa shape index (κ3) is 4.91. The number of thiophene rings is 1. The van der Waals surface area contributed by atoms with Crippen LogP contribution >= 0.6 is 34.4 Å². The molecule has 148 valence electrons. The number of carbonyl (C=O) groups excluding carboxylic acids is 1. The van der Waals surface area contributed by atoms with Gasteiger partial charge in [0.1, 0.15) is 5.82 Å². The Hall–Kier alpha value is -3.06. The van der Waals surface area contributed by atoms with E-state index in [0.717, 1.165) is 20.3 Å². The highest BCUT2D eigenvalue weighted by molar-refractivity contribution is 8.00. The molecule has 0 aliphatic heterocycles. The molecule has 0 saturated carbocycles. The van der Waals surface area contributed by atoms with Crippen molar-refractivity contribution in [3.63, 3.8) is 0 Å². The molecule has 0 fully saturated rings. The van der Waals surface area contributed by atoms with E-state index in [-0.39, 0.29) is 11.7 Å². The smallest absolute Gasteiger partial charge is 0.267 e. The van der Waals surface area contributed by atoms with E-state index < -0.39 is 0 Å². The second-order valence-electron chi connectivity index (χ2n) is 6.10. The molecule has 9 heteroatoms. The molecular weight excluding hydrogens is 439 g/mol. The van der Waals surface area contributed by atoms with Crippen LogP contribution in [0.5, 0.6) is 0 Å². The van der Waals surface area contributed by atoms with Crippen LogP contribution in [0.25, 0.3) is 10.4 Å². The Morgan fingerprint density at radius 3 is 2.53 bits per heavy atom. The molecule has 0 spiro atoms. The number of rotatable bonds is 6. The monoisotopic (exact) mass is 452 g/mol. The number of nitrogens with zero attached hydrogens (tertiary/aromatic N) is 3. The normalized spacial score (nSPS) is 10.5. The molecule has 0 radical (unpaired) electrons. The van der Waals surface area contributed by atoms with Crippen LogP contribution in [0.2, 0.25) is 0 Å². The molecular formula is C21H13FN4OS3. The molecule has 4 rings (SSSR count). The highest BCUT2D eigenvalue weighted by Gasteiger charge is 2.14. The standard InChI is InChI=1S/C21H13FN4OS3/c22-16-7-5-15(6-8-16)17-9-10-18(29-17)19(27)24-20-25-26-21(30-20)28-12-14-3-1-13(11-23)2-4-14/h1-10H,12H2,(H,24,25,27). The van der Waals surface area contributed by atoms with Gasteiger partial charge in [0.15, 0.2) is 4.34 Å². The molecule has 30 heavy (non-hydrogen) atoms. The van der Waals surface area contributed by atoms with Crippen LogP contribution < -0.4 is 5.32 Å². The van der Waals surface area contributed by atoms with Gasteiger partial charge in [0.05, 0.1) is 16.5 Å². The van der Waals surface area contributed by atoms with Gasteiger partial charge in [-0.15, -0.1) is 21.5 Å². The lowest BCUT2D eigenvalue weighted by Gasteiger charge is -1.99. The first-order chi connectivity index (χ1) is 14.6. The average molecular weight is 453 g/mol. The Kier molecular flexibility index (Phi) is 6.18. The number of amides is 1. The van der Waals surface area contributed by atoms with E-state index in [2.05, 4.69) is 21.6 Å². The summed E-state index contributed by atoms with van der Waals surface area (Å²) < 4.78 is 13.8. The Labute approximate surface area is 184 Å². The zero-order valence-electron chi connectivity index (χ0n) is 15.3. The van der Waals surface area contributed by atoms with E-state index >= 15 is 0 Å². The van der Waals surface area contributed by atoms with Gasteiger partial charge >= 0.3 is 0 Å². The first-order valence-corrected chi connectivity index (χ1v) is 11.3. The second-order valence-corrected chi connectivity index (χ2v) is 9.38. The minimum atomic E-state index is -0.294. The molecule has 5 nitrogen and oxygen atoms in total. The molecule has 0 saturated heterocycles. The molecule has 0 atom stereocenters. The maximum Gasteiger partial charge on any atom is 0.267 e. The molecule has 0 unspecified atom stereocenters. The number of hydrogen-bond donors (Lipinski definition) is 1. The summed E-state index contributed by atoms with van der Waals surface area (Å²) in [6.45, 7) is 0. The lowest BCUT2D eigenvalue weighted by molar-refractivity contribution is 0.103. The lowest BCUT2D eigenvalue weighted by atomic mass is 10.2. The van der Waals surface area contributed by atoms with Crippen molar-refractivity contribution in [3.05, 3.63) is 82.5 Å². The van der Waals surface area contributed by atoms with Crippen LogP contribution in [-0.2, 0) is 5.75 Å². The summed E-state index contributed by atoms with van der Waals surface area (Å²) in [5, 5.41) is 20.2. The van der Waals surface area contributed by atoms with Crippen molar-refractivity contribution >= 4 is 45.5 Å². The van der Waals surface area contributed by atoms with Crippen molar-refractivity contribution in [2.75, 3.05) is 5.32 Å². The minimum absolute atomic E-state index is 0.256. The lowest BCUT2D eigenvalue weighted by Crippen LogP contribution is -2.09. The van der Waals surface area contributed by atoms with Crippen LogP contribution in [-0.4, -0.2) is 16.1 Å². The molecule has 0 bridgehead atoms. The van der Waals surface area contributed by atoms with E-state index in [4.69, 9.17) is 5.26 Å². The summed E-state index contributed by atoms with van der Waals surface area (Å²) in [4.78, 5) is 13.9. The molecule has 4 aromatic rings. The Morgan fingerprint density at radius 2 is 1.80 bits per heavy atom. The van der Waals surface area contributed by atoms with Gasteiger partial charge < -0.3 is 0 Å². The van der Waals surface area contributed by atoms with Crippen LogP contribution in [0.3, 0.4) is 0 Å². The summed E-state index contributed by atoms with van der Waals surface area (Å²) >= 11 is 4.15. The molecule has 2 heterocycles. The Morgan fingerprint density at radius 1 is 1.03 bits per heavy atom. The fourth-order valence-electron chi connectivity index (χ4n) is 2.53.